The molecule has 0 saturated carbocycles. The topological polar surface area (TPSA) is 81.7 Å². The molecular weight excluding hydrogens is 344 g/mol. The van der Waals surface area contributed by atoms with Gasteiger partial charge in [-0.3, -0.25) is 0 Å². The van der Waals surface area contributed by atoms with Crippen molar-refractivity contribution in [3.05, 3.63) is 0 Å². The number of rotatable bonds is 13. The molecule has 0 N–H and O–H groups in total. The highest BCUT2D eigenvalue weighted by atomic mass is 16.7. The van der Waals surface area contributed by atoms with E-state index in [1.54, 1.807) is 28.4 Å². The van der Waals surface area contributed by atoms with Crippen LogP contribution in [-0.4, -0.2) is 91.9 Å². The molecule has 1 heterocycles. The van der Waals surface area contributed by atoms with Crippen LogP contribution in [0, 0.1) is 5.41 Å². The van der Waals surface area contributed by atoms with Crippen LogP contribution in [0.4, 0.5) is 0 Å². The Kier molecular flexibility index (Phi) is 10.8. The Hall–Kier alpha value is -0.610. The zero-order chi connectivity index (χ0) is 19.6. The van der Waals surface area contributed by atoms with E-state index < -0.39 is 17.6 Å². The van der Waals surface area contributed by atoms with Crippen LogP contribution in [0.2, 0.25) is 0 Å². The van der Waals surface area contributed by atoms with Crippen LogP contribution >= 0.6 is 0 Å². The van der Waals surface area contributed by atoms with Crippen molar-refractivity contribution >= 4 is 6.29 Å². The van der Waals surface area contributed by atoms with E-state index in [9.17, 15) is 4.79 Å². The van der Waals surface area contributed by atoms with Crippen LogP contribution in [-0.2, 0) is 38.0 Å². The van der Waals surface area contributed by atoms with Crippen molar-refractivity contribution in [2.45, 2.75) is 50.8 Å². The maximum absolute atomic E-state index is 11.6. The van der Waals surface area contributed by atoms with E-state index in [1.807, 2.05) is 13.8 Å². The standard InChI is InChI=1S/C18H34O8/c1-18(2)15(9-13(22-5)11-21-4)26-14(10-19)16(17(18)23-6)25-12-24-8-7-20-3/h10,13-17H,7-9,11-12H2,1-6H3/t13-,14+,15+,16-,17+/m0/s1. The van der Waals surface area contributed by atoms with Crippen molar-refractivity contribution in [1.29, 1.82) is 0 Å². The Labute approximate surface area is 156 Å². The highest BCUT2D eigenvalue weighted by molar-refractivity contribution is 5.58. The van der Waals surface area contributed by atoms with E-state index in [-0.39, 0.29) is 25.1 Å². The van der Waals surface area contributed by atoms with Crippen molar-refractivity contribution in [3.8, 4) is 0 Å². The minimum Gasteiger partial charge on any atom is -0.382 e. The molecule has 26 heavy (non-hydrogen) atoms. The second kappa shape index (κ2) is 12.0. The van der Waals surface area contributed by atoms with Gasteiger partial charge in [0.15, 0.2) is 6.29 Å². The molecule has 8 nitrogen and oxygen atoms in total. The molecule has 0 bridgehead atoms. The lowest BCUT2D eigenvalue weighted by Crippen LogP contribution is -2.61. The van der Waals surface area contributed by atoms with Crippen LogP contribution < -0.4 is 0 Å². The van der Waals surface area contributed by atoms with Gasteiger partial charge >= 0.3 is 0 Å². The number of aldehydes is 1. The van der Waals surface area contributed by atoms with E-state index in [0.717, 1.165) is 6.29 Å². The smallest absolute Gasteiger partial charge is 0.151 e. The molecule has 0 aromatic rings. The first-order valence-corrected chi connectivity index (χ1v) is 8.79. The second-order valence-electron chi connectivity index (χ2n) is 6.90. The van der Waals surface area contributed by atoms with Gasteiger partial charge in [-0.05, 0) is 0 Å². The van der Waals surface area contributed by atoms with E-state index in [1.165, 1.54) is 0 Å². The molecule has 0 aliphatic carbocycles. The van der Waals surface area contributed by atoms with Gasteiger partial charge in [-0.15, -0.1) is 0 Å². The molecule has 1 aliphatic rings. The molecular formula is C18H34O8. The maximum Gasteiger partial charge on any atom is 0.151 e. The third-order valence-corrected chi connectivity index (χ3v) is 4.83. The molecule has 0 amide bonds. The summed E-state index contributed by atoms with van der Waals surface area (Å²) in [7, 11) is 6.47. The minimum absolute atomic E-state index is 0.0344. The van der Waals surface area contributed by atoms with Gasteiger partial charge in [-0.25, -0.2) is 0 Å². The van der Waals surface area contributed by atoms with Gasteiger partial charge in [-0.1, -0.05) is 13.8 Å². The first kappa shape index (κ1) is 23.4. The average Bonchev–Trinajstić information content (AvgIpc) is 2.62. The molecule has 8 heteroatoms. The molecule has 0 aromatic carbocycles. The highest BCUT2D eigenvalue weighted by Gasteiger charge is 2.52. The third kappa shape index (κ3) is 6.23. The van der Waals surface area contributed by atoms with E-state index in [4.69, 9.17) is 33.2 Å². The Balaban J connectivity index is 2.82. The number of ether oxygens (including phenoxy) is 7. The molecule has 0 spiro atoms. The summed E-state index contributed by atoms with van der Waals surface area (Å²) in [6, 6.07) is 0. The quantitative estimate of drug-likeness (QED) is 0.267. The molecule has 154 valence electrons. The average molecular weight is 378 g/mol. The molecule has 1 rings (SSSR count). The highest BCUT2D eigenvalue weighted by Crippen LogP contribution is 2.41. The van der Waals surface area contributed by atoms with E-state index in [2.05, 4.69) is 0 Å². The monoisotopic (exact) mass is 378 g/mol. The maximum atomic E-state index is 11.6. The molecule has 0 aromatic heterocycles. The normalized spacial score (nSPS) is 29.5. The van der Waals surface area contributed by atoms with Crippen LogP contribution in [0.5, 0.6) is 0 Å². The predicted octanol–water partition coefficient (Wildman–Crippen LogP) is 1.05. The fraction of sp³-hybridized carbons (Fsp3) is 0.944. The zero-order valence-corrected chi connectivity index (χ0v) is 16.8. The Morgan fingerprint density at radius 1 is 1.12 bits per heavy atom. The number of carbonyl (C=O) groups excluding carboxylic acids is 1. The lowest BCUT2D eigenvalue weighted by molar-refractivity contribution is -0.262. The zero-order valence-electron chi connectivity index (χ0n) is 16.8. The Morgan fingerprint density at radius 3 is 2.38 bits per heavy atom. The summed E-state index contributed by atoms with van der Waals surface area (Å²) in [6.45, 7) is 5.44. The summed E-state index contributed by atoms with van der Waals surface area (Å²) in [5, 5.41) is 0. The van der Waals surface area contributed by atoms with Crippen LogP contribution in [0.3, 0.4) is 0 Å². The van der Waals surface area contributed by atoms with Gasteiger partial charge in [0, 0.05) is 40.3 Å². The van der Waals surface area contributed by atoms with Gasteiger partial charge in [0.05, 0.1) is 38.1 Å². The lowest BCUT2D eigenvalue weighted by atomic mass is 9.73. The molecule has 1 aliphatic heterocycles. The molecule has 1 fully saturated rings. The van der Waals surface area contributed by atoms with E-state index in [0.29, 0.717) is 26.2 Å². The van der Waals surface area contributed by atoms with Gasteiger partial charge < -0.3 is 38.0 Å². The summed E-state index contributed by atoms with van der Waals surface area (Å²) in [4.78, 5) is 11.6. The molecule has 5 atom stereocenters. The summed E-state index contributed by atoms with van der Waals surface area (Å²) in [6.07, 6.45) is -0.701. The minimum atomic E-state index is -0.746. The first-order valence-electron chi connectivity index (χ1n) is 8.79. The third-order valence-electron chi connectivity index (χ3n) is 4.83. The van der Waals surface area contributed by atoms with E-state index >= 15 is 0 Å². The van der Waals surface area contributed by atoms with Crippen molar-refractivity contribution in [3.63, 3.8) is 0 Å². The predicted molar refractivity (Wildman–Crippen MR) is 94.2 cm³/mol. The summed E-state index contributed by atoms with van der Waals surface area (Å²) in [5.41, 5.74) is -0.407. The largest absolute Gasteiger partial charge is 0.382 e. The van der Waals surface area contributed by atoms with Crippen molar-refractivity contribution in [2.24, 2.45) is 5.41 Å². The lowest BCUT2D eigenvalue weighted by Gasteiger charge is -2.50. The van der Waals surface area contributed by atoms with Crippen LogP contribution in [0.25, 0.3) is 0 Å². The SMILES string of the molecule is COCCOCO[C@@H]1[C@@H](OC)C(C)(C)[C@@H](C[C@@H](COC)OC)O[C@@H]1C=O. The molecule has 0 radical (unpaired) electrons. The fourth-order valence-electron chi connectivity index (χ4n) is 3.30. The van der Waals surface area contributed by atoms with Crippen LogP contribution in [0.1, 0.15) is 20.3 Å². The van der Waals surface area contributed by atoms with Gasteiger partial charge in [-0.2, -0.15) is 0 Å². The number of hydrogen-bond acceptors (Lipinski definition) is 8. The van der Waals surface area contributed by atoms with Gasteiger partial charge in [0.1, 0.15) is 19.0 Å². The summed E-state index contributed by atoms with van der Waals surface area (Å²) >= 11 is 0. The van der Waals surface area contributed by atoms with Crippen molar-refractivity contribution < 1.29 is 38.0 Å². The molecule has 1 saturated heterocycles. The van der Waals surface area contributed by atoms with Gasteiger partial charge in [0.2, 0.25) is 0 Å². The Bertz CT molecular complexity index is 389. The number of carbonyl (C=O) groups is 1. The first-order chi connectivity index (χ1) is 12.5. The summed E-state index contributed by atoms with van der Waals surface area (Å²) < 4.78 is 38.5. The summed E-state index contributed by atoms with van der Waals surface area (Å²) in [5.74, 6) is 0. The molecule has 0 unspecified atom stereocenters. The second-order valence-corrected chi connectivity index (χ2v) is 6.90. The van der Waals surface area contributed by atoms with Crippen LogP contribution in [0.15, 0.2) is 0 Å². The fourth-order valence-corrected chi connectivity index (χ4v) is 3.30. The van der Waals surface area contributed by atoms with Crippen molar-refractivity contribution in [2.75, 3.05) is 55.1 Å². The van der Waals surface area contributed by atoms with Gasteiger partial charge in [0.25, 0.3) is 0 Å². The van der Waals surface area contributed by atoms with Crippen molar-refractivity contribution in [1.82, 2.24) is 0 Å². The Morgan fingerprint density at radius 2 is 1.85 bits per heavy atom. The number of methoxy groups -OCH3 is 4. The number of hydrogen-bond donors (Lipinski definition) is 0.